The van der Waals surface area contributed by atoms with Crippen molar-refractivity contribution >= 4 is 6.09 Å². The van der Waals surface area contributed by atoms with E-state index < -0.39 is 35.1 Å². The van der Waals surface area contributed by atoms with E-state index in [1.165, 1.54) is 6.07 Å². The van der Waals surface area contributed by atoms with Crippen LogP contribution in [0.3, 0.4) is 0 Å². The number of halogens is 4. The molecular weight excluding hydrogens is 332 g/mol. The van der Waals surface area contributed by atoms with Crippen LogP contribution >= 0.6 is 0 Å². The Labute approximate surface area is 136 Å². The van der Waals surface area contributed by atoms with Crippen molar-refractivity contribution in [2.45, 2.75) is 44.1 Å². The van der Waals surface area contributed by atoms with Gasteiger partial charge < -0.3 is 20.5 Å². The van der Waals surface area contributed by atoms with Gasteiger partial charge in [0.2, 0.25) is 0 Å². The van der Waals surface area contributed by atoms with Crippen molar-refractivity contribution in [3.8, 4) is 5.75 Å². The van der Waals surface area contributed by atoms with Gasteiger partial charge in [0, 0.05) is 12.1 Å². The molecule has 0 unspecified atom stereocenters. The van der Waals surface area contributed by atoms with Crippen LogP contribution in [0, 0.1) is 5.82 Å². The third-order valence-electron chi connectivity index (χ3n) is 3.77. The highest BCUT2D eigenvalue weighted by Crippen LogP contribution is 2.47. The summed E-state index contributed by atoms with van der Waals surface area (Å²) in [5.41, 5.74) is -0.906. The van der Waals surface area contributed by atoms with Crippen LogP contribution in [0.1, 0.15) is 32.3 Å². The fourth-order valence-electron chi connectivity index (χ4n) is 2.42. The van der Waals surface area contributed by atoms with Crippen molar-refractivity contribution < 1.29 is 32.2 Å². The molecule has 1 amide bonds. The standard InChI is InChI=1S/C15H18F4N2O3/c1-13(2,21-12(22)23)8-20-14(5-6-14)9-3-4-10(16)11(7-9)24-15(17,18)19/h3-4,7,20-21H,5-6,8H2,1-2H3,(H,22,23). The predicted molar refractivity (Wildman–Crippen MR) is 77.2 cm³/mol. The van der Waals surface area contributed by atoms with Gasteiger partial charge in [0.15, 0.2) is 11.6 Å². The Morgan fingerprint density at radius 1 is 1.33 bits per heavy atom. The maximum Gasteiger partial charge on any atom is 0.573 e. The van der Waals surface area contributed by atoms with Crippen molar-refractivity contribution in [2.24, 2.45) is 0 Å². The van der Waals surface area contributed by atoms with Gasteiger partial charge in [0.25, 0.3) is 0 Å². The number of amides is 1. The molecular formula is C15H18F4N2O3. The molecule has 9 heteroatoms. The van der Waals surface area contributed by atoms with Crippen molar-refractivity contribution in [1.82, 2.24) is 10.6 Å². The molecule has 0 radical (unpaired) electrons. The van der Waals surface area contributed by atoms with Gasteiger partial charge in [-0.15, -0.1) is 13.2 Å². The number of rotatable bonds is 6. The van der Waals surface area contributed by atoms with Crippen LogP contribution in [0.4, 0.5) is 22.4 Å². The Kier molecular flexibility index (Phi) is 4.67. The molecule has 0 atom stereocenters. The number of alkyl halides is 3. The second-order valence-electron chi connectivity index (χ2n) is 6.44. The summed E-state index contributed by atoms with van der Waals surface area (Å²) in [5.74, 6) is -1.98. The third kappa shape index (κ3) is 4.73. The molecule has 1 aromatic carbocycles. The van der Waals surface area contributed by atoms with Gasteiger partial charge >= 0.3 is 12.5 Å². The van der Waals surface area contributed by atoms with E-state index in [1.807, 2.05) is 0 Å². The summed E-state index contributed by atoms with van der Waals surface area (Å²) >= 11 is 0. The fraction of sp³-hybridized carbons (Fsp3) is 0.533. The highest BCUT2D eigenvalue weighted by Gasteiger charge is 2.45. The van der Waals surface area contributed by atoms with Gasteiger partial charge in [-0.05, 0) is 44.4 Å². The van der Waals surface area contributed by atoms with E-state index in [0.717, 1.165) is 12.1 Å². The first-order valence-corrected chi connectivity index (χ1v) is 7.24. The van der Waals surface area contributed by atoms with E-state index in [0.29, 0.717) is 18.4 Å². The van der Waals surface area contributed by atoms with Crippen molar-refractivity contribution in [3.63, 3.8) is 0 Å². The quantitative estimate of drug-likeness (QED) is 0.688. The lowest BCUT2D eigenvalue weighted by atomic mass is 10.0. The van der Waals surface area contributed by atoms with Crippen molar-refractivity contribution in [2.75, 3.05) is 6.54 Å². The topological polar surface area (TPSA) is 70.6 Å². The maximum atomic E-state index is 13.5. The monoisotopic (exact) mass is 350 g/mol. The molecule has 0 bridgehead atoms. The number of carbonyl (C=O) groups is 1. The molecule has 2 rings (SSSR count). The molecule has 0 aromatic heterocycles. The first-order valence-electron chi connectivity index (χ1n) is 7.24. The molecule has 24 heavy (non-hydrogen) atoms. The number of ether oxygens (including phenoxy) is 1. The van der Waals surface area contributed by atoms with Crippen LogP contribution in [0.2, 0.25) is 0 Å². The SMILES string of the molecule is CC(C)(CNC1(c2ccc(F)c(OC(F)(F)F)c2)CC1)NC(=O)O. The lowest BCUT2D eigenvalue weighted by Gasteiger charge is -2.29. The number of benzene rings is 1. The molecule has 5 nitrogen and oxygen atoms in total. The molecule has 134 valence electrons. The summed E-state index contributed by atoms with van der Waals surface area (Å²) in [6.45, 7) is 3.60. The van der Waals surface area contributed by atoms with Crippen LogP contribution in [0.5, 0.6) is 5.75 Å². The molecule has 1 aliphatic carbocycles. The van der Waals surface area contributed by atoms with Gasteiger partial charge in [-0.1, -0.05) is 6.07 Å². The molecule has 0 aliphatic heterocycles. The van der Waals surface area contributed by atoms with Gasteiger partial charge in [-0.3, -0.25) is 0 Å². The van der Waals surface area contributed by atoms with E-state index in [4.69, 9.17) is 5.11 Å². The minimum atomic E-state index is -4.98. The lowest BCUT2D eigenvalue weighted by Crippen LogP contribution is -2.51. The van der Waals surface area contributed by atoms with Crippen LogP contribution in [0.15, 0.2) is 18.2 Å². The Morgan fingerprint density at radius 3 is 2.46 bits per heavy atom. The number of carboxylic acid groups (broad SMARTS) is 1. The lowest BCUT2D eigenvalue weighted by molar-refractivity contribution is -0.275. The minimum absolute atomic E-state index is 0.256. The molecule has 1 aliphatic rings. The summed E-state index contributed by atoms with van der Waals surface area (Å²) in [6, 6.07) is 3.36. The molecule has 1 aromatic rings. The molecule has 3 N–H and O–H groups in total. The zero-order valence-corrected chi connectivity index (χ0v) is 13.1. The van der Waals surface area contributed by atoms with Crippen LogP contribution in [0.25, 0.3) is 0 Å². The second kappa shape index (κ2) is 6.12. The van der Waals surface area contributed by atoms with E-state index in [9.17, 15) is 22.4 Å². The number of hydrogen-bond acceptors (Lipinski definition) is 3. The Balaban J connectivity index is 2.13. The first kappa shape index (κ1) is 18.3. The molecule has 1 fully saturated rings. The van der Waals surface area contributed by atoms with Gasteiger partial charge in [-0.2, -0.15) is 0 Å². The van der Waals surface area contributed by atoms with E-state index >= 15 is 0 Å². The number of hydrogen-bond donors (Lipinski definition) is 3. The predicted octanol–water partition coefficient (Wildman–Crippen LogP) is 3.35. The van der Waals surface area contributed by atoms with Crippen molar-refractivity contribution in [3.05, 3.63) is 29.6 Å². The van der Waals surface area contributed by atoms with E-state index in [-0.39, 0.29) is 6.54 Å². The maximum absolute atomic E-state index is 13.5. The second-order valence-corrected chi connectivity index (χ2v) is 6.44. The smallest absolute Gasteiger partial charge is 0.465 e. The van der Waals surface area contributed by atoms with E-state index in [1.54, 1.807) is 13.8 Å². The molecule has 0 heterocycles. The normalized spacial score (nSPS) is 16.6. The zero-order chi connectivity index (χ0) is 18.2. The van der Waals surface area contributed by atoms with Gasteiger partial charge in [-0.25, -0.2) is 9.18 Å². The molecule has 0 saturated heterocycles. The Hall–Kier alpha value is -2.03. The fourth-order valence-corrected chi connectivity index (χ4v) is 2.42. The van der Waals surface area contributed by atoms with Gasteiger partial charge in [0.05, 0.1) is 5.54 Å². The largest absolute Gasteiger partial charge is 0.573 e. The molecule has 0 spiro atoms. The summed E-state index contributed by atoms with van der Waals surface area (Å²) in [5, 5.41) is 14.3. The minimum Gasteiger partial charge on any atom is -0.465 e. The zero-order valence-electron chi connectivity index (χ0n) is 13.1. The van der Waals surface area contributed by atoms with Crippen LogP contribution in [-0.2, 0) is 5.54 Å². The highest BCUT2D eigenvalue weighted by atomic mass is 19.4. The average Bonchev–Trinajstić information content (AvgIpc) is 3.17. The summed E-state index contributed by atoms with van der Waals surface area (Å²) in [6.07, 6.45) is -4.85. The average molecular weight is 350 g/mol. The highest BCUT2D eigenvalue weighted by molar-refractivity contribution is 5.65. The van der Waals surface area contributed by atoms with Crippen molar-refractivity contribution in [1.29, 1.82) is 0 Å². The summed E-state index contributed by atoms with van der Waals surface area (Å²) in [7, 11) is 0. The van der Waals surface area contributed by atoms with Crippen LogP contribution in [-0.4, -0.2) is 29.6 Å². The summed E-state index contributed by atoms with van der Waals surface area (Å²) < 4.78 is 54.2. The summed E-state index contributed by atoms with van der Waals surface area (Å²) in [4.78, 5) is 10.7. The Morgan fingerprint density at radius 2 is 1.96 bits per heavy atom. The van der Waals surface area contributed by atoms with Gasteiger partial charge in [0.1, 0.15) is 0 Å². The number of nitrogens with one attached hydrogen (secondary N) is 2. The Bertz CT molecular complexity index is 628. The van der Waals surface area contributed by atoms with E-state index in [2.05, 4.69) is 15.4 Å². The van der Waals surface area contributed by atoms with Crippen LogP contribution < -0.4 is 15.4 Å². The molecule has 1 saturated carbocycles. The third-order valence-corrected chi connectivity index (χ3v) is 3.77. The first-order chi connectivity index (χ1) is 10.9.